The number of aromatic amines is 1. The Kier molecular flexibility index (Phi) is 6.19. The first-order valence-corrected chi connectivity index (χ1v) is 7.59. The second-order valence-electron chi connectivity index (χ2n) is 5.39. The highest BCUT2D eigenvalue weighted by Crippen LogP contribution is 2.30. The zero-order valence-electron chi connectivity index (χ0n) is 13.8. The van der Waals surface area contributed by atoms with Crippen molar-refractivity contribution in [1.29, 1.82) is 0 Å². The second kappa shape index (κ2) is 8.17. The quantitative estimate of drug-likeness (QED) is 0.696. The van der Waals surface area contributed by atoms with E-state index >= 15 is 0 Å². The van der Waals surface area contributed by atoms with Gasteiger partial charge in [0.25, 0.3) is 5.91 Å². The van der Waals surface area contributed by atoms with Crippen molar-refractivity contribution in [2.75, 3.05) is 13.2 Å². The van der Waals surface area contributed by atoms with E-state index in [0.717, 1.165) is 11.0 Å². The van der Waals surface area contributed by atoms with Crippen LogP contribution in [0.5, 0.6) is 5.75 Å². The molecule has 1 aromatic carbocycles. The van der Waals surface area contributed by atoms with Crippen molar-refractivity contribution in [3.8, 4) is 5.75 Å². The van der Waals surface area contributed by atoms with E-state index in [9.17, 15) is 27.5 Å². The van der Waals surface area contributed by atoms with Gasteiger partial charge >= 0.3 is 12.5 Å². The van der Waals surface area contributed by atoms with E-state index in [1.54, 1.807) is 6.92 Å². The lowest BCUT2D eigenvalue weighted by Crippen LogP contribution is -2.36. The molecule has 0 fully saturated rings. The number of para-hydroxylation sites is 1. The van der Waals surface area contributed by atoms with Crippen LogP contribution in [0.15, 0.2) is 30.6 Å². The van der Waals surface area contributed by atoms with Gasteiger partial charge in [-0.3, -0.25) is 4.79 Å². The van der Waals surface area contributed by atoms with E-state index in [4.69, 9.17) is 0 Å². The summed E-state index contributed by atoms with van der Waals surface area (Å²) in [4.78, 5) is 20.7. The van der Waals surface area contributed by atoms with E-state index in [-0.39, 0.29) is 25.3 Å². The molecule has 1 aromatic heterocycles. The zero-order valence-corrected chi connectivity index (χ0v) is 13.8. The van der Waals surface area contributed by atoms with Gasteiger partial charge < -0.3 is 19.7 Å². The SMILES string of the molecule is Cc1[nH]cnc1CN(CCO)C(=O)c1ccccc1OC(F)(F)C(F)F. The number of H-pyrrole nitrogens is 1. The average molecular weight is 375 g/mol. The van der Waals surface area contributed by atoms with Crippen LogP contribution in [0.4, 0.5) is 17.6 Å². The van der Waals surface area contributed by atoms with Crippen LogP contribution in [0, 0.1) is 6.92 Å². The predicted octanol–water partition coefficient (Wildman–Crippen LogP) is 2.59. The molecule has 26 heavy (non-hydrogen) atoms. The molecule has 10 heteroatoms. The van der Waals surface area contributed by atoms with Crippen molar-refractivity contribution < 1.29 is 32.2 Å². The van der Waals surface area contributed by atoms with Gasteiger partial charge in [-0.05, 0) is 19.1 Å². The first kappa shape index (κ1) is 19.7. The first-order chi connectivity index (χ1) is 12.3. The monoisotopic (exact) mass is 375 g/mol. The third kappa shape index (κ3) is 4.51. The number of carbonyl (C=O) groups is 1. The summed E-state index contributed by atoms with van der Waals surface area (Å²) in [6.07, 6.45) is -7.37. The van der Waals surface area contributed by atoms with Crippen LogP contribution in [0.1, 0.15) is 21.7 Å². The molecule has 0 spiro atoms. The van der Waals surface area contributed by atoms with Gasteiger partial charge in [-0.15, -0.1) is 0 Å². The molecule has 0 radical (unpaired) electrons. The van der Waals surface area contributed by atoms with E-state index < -0.39 is 24.2 Å². The molecule has 0 aliphatic rings. The molecule has 1 heterocycles. The van der Waals surface area contributed by atoms with Gasteiger partial charge in [0.05, 0.1) is 30.7 Å². The van der Waals surface area contributed by atoms with Crippen LogP contribution < -0.4 is 4.74 Å². The van der Waals surface area contributed by atoms with Crippen LogP contribution in [0.25, 0.3) is 0 Å². The fraction of sp³-hybridized carbons (Fsp3) is 0.375. The van der Waals surface area contributed by atoms with Gasteiger partial charge in [0.1, 0.15) is 5.75 Å². The van der Waals surface area contributed by atoms with Crippen LogP contribution in [-0.2, 0) is 6.54 Å². The number of amides is 1. The third-order valence-corrected chi connectivity index (χ3v) is 3.55. The number of halogens is 4. The van der Waals surface area contributed by atoms with Crippen LogP contribution in [0.3, 0.4) is 0 Å². The van der Waals surface area contributed by atoms with E-state index in [1.165, 1.54) is 24.5 Å². The number of nitrogens with one attached hydrogen (secondary N) is 1. The molecule has 2 aromatic rings. The Morgan fingerprint density at radius 1 is 1.38 bits per heavy atom. The topological polar surface area (TPSA) is 78.5 Å². The number of aliphatic hydroxyl groups is 1. The number of aliphatic hydroxyl groups excluding tert-OH is 1. The average Bonchev–Trinajstić information content (AvgIpc) is 2.99. The Morgan fingerprint density at radius 3 is 2.65 bits per heavy atom. The molecule has 0 aliphatic heterocycles. The van der Waals surface area contributed by atoms with Crippen LogP contribution >= 0.6 is 0 Å². The molecule has 0 saturated heterocycles. The van der Waals surface area contributed by atoms with E-state index in [2.05, 4.69) is 14.7 Å². The van der Waals surface area contributed by atoms with Crippen LogP contribution in [0.2, 0.25) is 0 Å². The molecule has 142 valence electrons. The van der Waals surface area contributed by atoms with Gasteiger partial charge in [-0.1, -0.05) is 12.1 Å². The zero-order chi connectivity index (χ0) is 19.3. The number of aromatic nitrogens is 2. The maximum atomic E-state index is 13.2. The van der Waals surface area contributed by atoms with Crippen molar-refractivity contribution in [3.63, 3.8) is 0 Å². The number of ether oxygens (including phenoxy) is 1. The summed E-state index contributed by atoms with van der Waals surface area (Å²) in [5.41, 5.74) is 0.882. The Balaban J connectivity index is 2.30. The summed E-state index contributed by atoms with van der Waals surface area (Å²) in [7, 11) is 0. The second-order valence-corrected chi connectivity index (χ2v) is 5.39. The molecule has 0 atom stereocenters. The molecule has 2 N–H and O–H groups in total. The summed E-state index contributed by atoms with van der Waals surface area (Å²) in [5.74, 6) is -1.44. The van der Waals surface area contributed by atoms with E-state index in [0.29, 0.717) is 11.4 Å². The normalized spacial score (nSPS) is 11.7. The number of benzene rings is 1. The number of rotatable bonds is 8. The highest BCUT2D eigenvalue weighted by atomic mass is 19.3. The molecule has 0 unspecified atom stereocenters. The highest BCUT2D eigenvalue weighted by molar-refractivity contribution is 5.97. The fourth-order valence-electron chi connectivity index (χ4n) is 2.19. The highest BCUT2D eigenvalue weighted by Gasteiger charge is 2.44. The molecule has 0 aliphatic carbocycles. The van der Waals surface area contributed by atoms with Gasteiger partial charge in [-0.25, -0.2) is 4.98 Å². The molecule has 1 amide bonds. The number of alkyl halides is 4. The third-order valence-electron chi connectivity index (χ3n) is 3.55. The van der Waals surface area contributed by atoms with Crippen molar-refractivity contribution in [2.45, 2.75) is 26.0 Å². The number of hydrogen-bond donors (Lipinski definition) is 2. The number of carbonyl (C=O) groups excluding carboxylic acids is 1. The van der Waals surface area contributed by atoms with Crippen molar-refractivity contribution >= 4 is 5.91 Å². The molecule has 6 nitrogen and oxygen atoms in total. The Bertz CT molecular complexity index is 752. The summed E-state index contributed by atoms with van der Waals surface area (Å²) in [6.45, 7) is 1.23. The molecular weight excluding hydrogens is 358 g/mol. The van der Waals surface area contributed by atoms with Crippen molar-refractivity contribution in [3.05, 3.63) is 47.5 Å². The van der Waals surface area contributed by atoms with Gasteiger partial charge in [0.15, 0.2) is 0 Å². The summed E-state index contributed by atoms with van der Waals surface area (Å²) in [5, 5.41) is 9.19. The Labute approximate surface area is 146 Å². The van der Waals surface area contributed by atoms with Crippen molar-refractivity contribution in [1.82, 2.24) is 14.9 Å². The van der Waals surface area contributed by atoms with Gasteiger partial charge in [0, 0.05) is 12.2 Å². The number of imidazole rings is 1. The lowest BCUT2D eigenvalue weighted by atomic mass is 10.1. The maximum Gasteiger partial charge on any atom is 0.461 e. The number of nitrogens with zero attached hydrogens (tertiary/aromatic N) is 2. The summed E-state index contributed by atoms with van der Waals surface area (Å²) >= 11 is 0. The Hall–Kier alpha value is -2.62. The lowest BCUT2D eigenvalue weighted by Gasteiger charge is -2.24. The molecule has 0 bridgehead atoms. The lowest BCUT2D eigenvalue weighted by molar-refractivity contribution is -0.253. The largest absolute Gasteiger partial charge is 0.461 e. The van der Waals surface area contributed by atoms with E-state index in [1.807, 2.05) is 0 Å². The van der Waals surface area contributed by atoms with Gasteiger partial charge in [-0.2, -0.15) is 17.6 Å². The fourth-order valence-corrected chi connectivity index (χ4v) is 2.19. The minimum Gasteiger partial charge on any atom is -0.427 e. The minimum absolute atomic E-state index is 0.00565. The number of aryl methyl sites for hydroxylation is 1. The smallest absolute Gasteiger partial charge is 0.427 e. The summed E-state index contributed by atoms with van der Waals surface area (Å²) in [6, 6.07) is 4.85. The first-order valence-electron chi connectivity index (χ1n) is 7.59. The summed E-state index contributed by atoms with van der Waals surface area (Å²) < 4.78 is 55.3. The molecule has 2 rings (SSSR count). The maximum absolute atomic E-state index is 13.2. The van der Waals surface area contributed by atoms with Crippen LogP contribution in [-0.4, -0.2) is 51.6 Å². The minimum atomic E-state index is -4.74. The standard InChI is InChI=1S/C16H17F4N3O3/c1-10-12(22-9-21-10)8-23(6-7-24)14(25)11-4-2-3-5-13(11)26-16(19,20)15(17)18/h2-5,9,15,24H,6-8H2,1H3,(H,21,22). The predicted molar refractivity (Wildman–Crippen MR) is 83.2 cm³/mol. The Morgan fingerprint density at radius 2 is 2.08 bits per heavy atom. The van der Waals surface area contributed by atoms with Crippen molar-refractivity contribution in [2.24, 2.45) is 0 Å². The van der Waals surface area contributed by atoms with Gasteiger partial charge in [0.2, 0.25) is 0 Å². The molecule has 0 saturated carbocycles. The number of hydrogen-bond acceptors (Lipinski definition) is 4. The molecular formula is C16H17F4N3O3.